The van der Waals surface area contributed by atoms with Crippen LogP contribution in [-0.2, 0) is 12.8 Å². The van der Waals surface area contributed by atoms with Gasteiger partial charge in [-0.05, 0) is 55.4 Å². The summed E-state index contributed by atoms with van der Waals surface area (Å²) in [6.07, 6.45) is 6.21. The third-order valence-electron chi connectivity index (χ3n) is 4.82. The molecule has 1 N–H and O–H groups in total. The van der Waals surface area contributed by atoms with Gasteiger partial charge in [0, 0.05) is 25.1 Å². The van der Waals surface area contributed by atoms with E-state index >= 15 is 0 Å². The van der Waals surface area contributed by atoms with Crippen molar-refractivity contribution in [1.82, 2.24) is 4.90 Å². The van der Waals surface area contributed by atoms with E-state index in [1.165, 1.54) is 17.5 Å². The van der Waals surface area contributed by atoms with Crippen LogP contribution in [0.15, 0.2) is 18.2 Å². The Morgan fingerprint density at radius 3 is 2.80 bits per heavy atom. The number of amides is 1. The minimum atomic E-state index is -0.231. The summed E-state index contributed by atoms with van der Waals surface area (Å²) in [5.41, 5.74) is 3.53. The molecule has 3 heteroatoms. The van der Waals surface area contributed by atoms with Crippen molar-refractivity contribution >= 4 is 5.91 Å². The van der Waals surface area contributed by atoms with Crippen LogP contribution >= 0.6 is 0 Å². The fourth-order valence-electron chi connectivity index (χ4n) is 3.59. The fourth-order valence-corrected chi connectivity index (χ4v) is 3.59. The third-order valence-corrected chi connectivity index (χ3v) is 4.82. The highest BCUT2D eigenvalue weighted by molar-refractivity contribution is 5.94. The standard InChI is InChI=1S/C17H23NO2/c1-18(11-15-6-3-7-16(15)19)17(20)14-9-8-12-4-2-5-13(12)10-14/h8-10,15-16,19H,2-7,11H2,1H3. The molecule has 1 amide bonds. The summed E-state index contributed by atoms with van der Waals surface area (Å²) in [5.74, 6) is 0.331. The lowest BCUT2D eigenvalue weighted by atomic mass is 10.0. The van der Waals surface area contributed by atoms with Crippen LogP contribution in [0, 0.1) is 5.92 Å². The van der Waals surface area contributed by atoms with Crippen LogP contribution in [0.25, 0.3) is 0 Å². The van der Waals surface area contributed by atoms with Gasteiger partial charge in [-0.15, -0.1) is 0 Å². The van der Waals surface area contributed by atoms with Crippen molar-refractivity contribution in [3.8, 4) is 0 Å². The van der Waals surface area contributed by atoms with Crippen LogP contribution in [0.2, 0.25) is 0 Å². The molecule has 1 saturated carbocycles. The van der Waals surface area contributed by atoms with Gasteiger partial charge < -0.3 is 10.0 Å². The number of benzene rings is 1. The normalized spacial score (nSPS) is 24.7. The number of hydrogen-bond acceptors (Lipinski definition) is 2. The molecule has 1 aromatic carbocycles. The Labute approximate surface area is 120 Å². The third kappa shape index (κ3) is 2.59. The van der Waals surface area contributed by atoms with Gasteiger partial charge in [0.2, 0.25) is 0 Å². The average molecular weight is 273 g/mol. The van der Waals surface area contributed by atoms with Crippen molar-refractivity contribution in [2.24, 2.45) is 5.92 Å². The zero-order valence-corrected chi connectivity index (χ0v) is 12.1. The molecule has 20 heavy (non-hydrogen) atoms. The van der Waals surface area contributed by atoms with Crippen molar-refractivity contribution < 1.29 is 9.90 Å². The van der Waals surface area contributed by atoms with E-state index in [2.05, 4.69) is 12.1 Å². The van der Waals surface area contributed by atoms with E-state index in [9.17, 15) is 9.90 Å². The van der Waals surface area contributed by atoms with Gasteiger partial charge in [-0.3, -0.25) is 4.79 Å². The number of rotatable bonds is 3. The first-order chi connectivity index (χ1) is 9.65. The number of aliphatic hydroxyl groups excluding tert-OH is 1. The van der Waals surface area contributed by atoms with Crippen LogP contribution in [0.5, 0.6) is 0 Å². The smallest absolute Gasteiger partial charge is 0.253 e. The first kappa shape index (κ1) is 13.6. The Morgan fingerprint density at radius 2 is 2.05 bits per heavy atom. The van der Waals surface area contributed by atoms with E-state index in [4.69, 9.17) is 0 Å². The molecule has 0 heterocycles. The Kier molecular flexibility index (Phi) is 3.79. The Morgan fingerprint density at radius 1 is 1.25 bits per heavy atom. The molecule has 0 spiro atoms. The van der Waals surface area contributed by atoms with Gasteiger partial charge in [-0.1, -0.05) is 12.5 Å². The quantitative estimate of drug-likeness (QED) is 0.918. The Balaban J connectivity index is 1.68. The lowest BCUT2D eigenvalue weighted by Gasteiger charge is -2.23. The van der Waals surface area contributed by atoms with Crippen molar-refractivity contribution in [1.29, 1.82) is 0 Å². The fraction of sp³-hybridized carbons (Fsp3) is 0.588. The first-order valence-corrected chi connectivity index (χ1v) is 7.70. The molecule has 2 unspecified atom stereocenters. The summed E-state index contributed by atoms with van der Waals surface area (Å²) in [6.45, 7) is 0.664. The number of carbonyl (C=O) groups excluding carboxylic acids is 1. The number of aryl methyl sites for hydroxylation is 2. The number of hydrogen-bond donors (Lipinski definition) is 1. The molecule has 0 saturated heterocycles. The molecule has 108 valence electrons. The average Bonchev–Trinajstić information content (AvgIpc) is 3.06. The Hall–Kier alpha value is -1.35. The van der Waals surface area contributed by atoms with E-state index in [-0.39, 0.29) is 17.9 Å². The molecular weight excluding hydrogens is 250 g/mol. The van der Waals surface area contributed by atoms with Crippen LogP contribution in [0.4, 0.5) is 0 Å². The second-order valence-electron chi connectivity index (χ2n) is 6.28. The van der Waals surface area contributed by atoms with Crippen molar-refractivity contribution in [3.05, 3.63) is 34.9 Å². The van der Waals surface area contributed by atoms with E-state index in [1.807, 2.05) is 13.1 Å². The van der Waals surface area contributed by atoms with Crippen LogP contribution in [0.1, 0.15) is 47.2 Å². The predicted molar refractivity (Wildman–Crippen MR) is 78.8 cm³/mol. The molecule has 0 aromatic heterocycles. The van der Waals surface area contributed by atoms with E-state index in [0.29, 0.717) is 6.54 Å². The topological polar surface area (TPSA) is 40.5 Å². The minimum absolute atomic E-state index is 0.0822. The van der Waals surface area contributed by atoms with Crippen LogP contribution in [0.3, 0.4) is 0 Å². The SMILES string of the molecule is CN(CC1CCCC1O)C(=O)c1ccc2c(c1)CCC2. The van der Waals surface area contributed by atoms with E-state index in [1.54, 1.807) is 4.90 Å². The summed E-state index contributed by atoms with van der Waals surface area (Å²) in [7, 11) is 1.85. The van der Waals surface area contributed by atoms with Crippen LogP contribution in [-0.4, -0.2) is 35.6 Å². The second-order valence-corrected chi connectivity index (χ2v) is 6.28. The molecule has 1 aromatic rings. The predicted octanol–water partition coefficient (Wildman–Crippen LogP) is 2.41. The number of nitrogens with zero attached hydrogens (tertiary/aromatic N) is 1. The molecule has 0 bridgehead atoms. The number of aliphatic hydroxyl groups is 1. The Bertz CT molecular complexity index is 512. The van der Waals surface area contributed by atoms with Crippen LogP contribution < -0.4 is 0 Å². The van der Waals surface area contributed by atoms with Gasteiger partial charge in [-0.2, -0.15) is 0 Å². The summed E-state index contributed by atoms with van der Waals surface area (Å²) in [6, 6.07) is 6.12. The summed E-state index contributed by atoms with van der Waals surface area (Å²) < 4.78 is 0. The molecule has 3 rings (SSSR count). The summed E-state index contributed by atoms with van der Waals surface area (Å²) >= 11 is 0. The van der Waals surface area contributed by atoms with Gasteiger partial charge in [0.05, 0.1) is 6.10 Å². The highest BCUT2D eigenvalue weighted by Crippen LogP contribution is 2.27. The van der Waals surface area contributed by atoms with E-state index in [0.717, 1.165) is 37.7 Å². The highest BCUT2D eigenvalue weighted by atomic mass is 16.3. The molecule has 2 aliphatic carbocycles. The second kappa shape index (κ2) is 5.57. The lowest BCUT2D eigenvalue weighted by molar-refractivity contribution is 0.0693. The lowest BCUT2D eigenvalue weighted by Crippen LogP contribution is -2.34. The molecule has 0 radical (unpaired) electrons. The maximum absolute atomic E-state index is 12.5. The molecule has 2 atom stereocenters. The number of fused-ring (bicyclic) bond motifs is 1. The summed E-state index contributed by atoms with van der Waals surface area (Å²) in [5, 5.41) is 9.88. The van der Waals surface area contributed by atoms with Gasteiger partial charge >= 0.3 is 0 Å². The summed E-state index contributed by atoms with van der Waals surface area (Å²) in [4.78, 5) is 14.3. The molecule has 3 nitrogen and oxygen atoms in total. The van der Waals surface area contributed by atoms with Gasteiger partial charge in [0.15, 0.2) is 0 Å². The maximum atomic E-state index is 12.5. The van der Waals surface area contributed by atoms with Crippen molar-refractivity contribution in [3.63, 3.8) is 0 Å². The minimum Gasteiger partial charge on any atom is -0.393 e. The first-order valence-electron chi connectivity index (χ1n) is 7.70. The van der Waals surface area contributed by atoms with Crippen molar-refractivity contribution in [2.45, 2.75) is 44.6 Å². The number of carbonyl (C=O) groups is 1. The van der Waals surface area contributed by atoms with E-state index < -0.39 is 0 Å². The zero-order valence-electron chi connectivity index (χ0n) is 12.1. The molecule has 2 aliphatic rings. The molecular formula is C17H23NO2. The monoisotopic (exact) mass is 273 g/mol. The molecule has 0 aliphatic heterocycles. The highest BCUT2D eigenvalue weighted by Gasteiger charge is 2.28. The maximum Gasteiger partial charge on any atom is 0.253 e. The van der Waals surface area contributed by atoms with Crippen molar-refractivity contribution in [2.75, 3.05) is 13.6 Å². The zero-order chi connectivity index (χ0) is 14.1. The largest absolute Gasteiger partial charge is 0.393 e. The van der Waals surface area contributed by atoms with Gasteiger partial charge in [-0.25, -0.2) is 0 Å². The van der Waals surface area contributed by atoms with Gasteiger partial charge in [0.1, 0.15) is 0 Å². The van der Waals surface area contributed by atoms with Gasteiger partial charge in [0.25, 0.3) is 5.91 Å². The molecule has 1 fully saturated rings.